The molecule has 0 atom stereocenters. The number of halogens is 3. The first-order valence-corrected chi connectivity index (χ1v) is 10.7. The van der Waals surface area contributed by atoms with Crippen molar-refractivity contribution in [2.75, 3.05) is 26.7 Å². The van der Waals surface area contributed by atoms with Crippen LogP contribution in [0, 0.1) is 0 Å². The van der Waals surface area contributed by atoms with E-state index in [9.17, 15) is 17.2 Å². The van der Waals surface area contributed by atoms with Gasteiger partial charge in [-0.25, -0.2) is 13.1 Å². The molecular formula is C19H26F2IN5O3S. The molecule has 0 saturated carbocycles. The van der Waals surface area contributed by atoms with Crippen molar-refractivity contribution in [3.05, 3.63) is 54.4 Å². The molecule has 0 fully saturated rings. The van der Waals surface area contributed by atoms with Crippen LogP contribution in [-0.2, 0) is 16.6 Å². The fourth-order valence-electron chi connectivity index (χ4n) is 2.53. The number of hydrogen-bond donors (Lipinski definition) is 2. The Labute approximate surface area is 198 Å². The van der Waals surface area contributed by atoms with Gasteiger partial charge in [-0.1, -0.05) is 12.1 Å². The Kier molecular flexibility index (Phi) is 11.6. The maximum atomic E-state index is 12.2. The van der Waals surface area contributed by atoms with Gasteiger partial charge in [0.2, 0.25) is 10.0 Å². The van der Waals surface area contributed by atoms with E-state index in [2.05, 4.69) is 24.8 Å². The molecule has 8 nitrogen and oxygen atoms in total. The molecule has 0 aliphatic rings. The van der Waals surface area contributed by atoms with Crippen molar-refractivity contribution >= 4 is 40.0 Å². The standard InChI is InChI=1S/C19H25F2N5O3S.HI/c1-3-23-19(24-11-12-25-30(27,28)17-5-4-10-22-13-17)26(2)14-15-6-8-16(9-7-15)29-18(20)21;/h4-10,13,18,25H,3,11-12,14H2,1-2H3,(H,23,24);1H. The highest BCUT2D eigenvalue weighted by Crippen LogP contribution is 2.15. The van der Waals surface area contributed by atoms with E-state index in [0.717, 1.165) is 5.56 Å². The normalized spacial score (nSPS) is 11.7. The number of aliphatic imine (C=N–C) groups is 1. The van der Waals surface area contributed by atoms with Crippen molar-refractivity contribution in [3.8, 4) is 5.75 Å². The molecule has 0 bridgehead atoms. The number of sulfonamides is 1. The van der Waals surface area contributed by atoms with E-state index in [0.29, 0.717) is 19.0 Å². The van der Waals surface area contributed by atoms with Gasteiger partial charge in [0.1, 0.15) is 10.6 Å². The molecule has 2 rings (SSSR count). The van der Waals surface area contributed by atoms with Gasteiger partial charge in [0.25, 0.3) is 0 Å². The average molecular weight is 569 g/mol. The topological polar surface area (TPSA) is 95.9 Å². The second-order valence-electron chi connectivity index (χ2n) is 6.20. The molecule has 31 heavy (non-hydrogen) atoms. The molecule has 1 aromatic heterocycles. The first-order chi connectivity index (χ1) is 14.3. The van der Waals surface area contributed by atoms with Crippen LogP contribution in [0.2, 0.25) is 0 Å². The number of nitrogens with zero attached hydrogens (tertiary/aromatic N) is 3. The summed E-state index contributed by atoms with van der Waals surface area (Å²) in [4.78, 5) is 10.2. The summed E-state index contributed by atoms with van der Waals surface area (Å²) in [5.41, 5.74) is 0.877. The third-order valence-corrected chi connectivity index (χ3v) is 5.32. The van der Waals surface area contributed by atoms with Crippen molar-refractivity contribution in [1.82, 2.24) is 19.9 Å². The summed E-state index contributed by atoms with van der Waals surface area (Å²) >= 11 is 0. The molecular weight excluding hydrogens is 543 g/mol. The van der Waals surface area contributed by atoms with Crippen molar-refractivity contribution in [2.45, 2.75) is 25.0 Å². The lowest BCUT2D eigenvalue weighted by Crippen LogP contribution is -2.39. The predicted octanol–water partition coefficient (Wildman–Crippen LogP) is 2.68. The Morgan fingerprint density at radius 3 is 2.55 bits per heavy atom. The van der Waals surface area contributed by atoms with Gasteiger partial charge < -0.3 is 15.0 Å². The lowest BCUT2D eigenvalue weighted by molar-refractivity contribution is -0.0498. The second kappa shape index (κ2) is 13.4. The van der Waals surface area contributed by atoms with E-state index >= 15 is 0 Å². The Balaban J connectivity index is 0.00000480. The zero-order valence-corrected chi connectivity index (χ0v) is 20.3. The van der Waals surface area contributed by atoms with Gasteiger partial charge in [0.05, 0.1) is 6.54 Å². The molecule has 12 heteroatoms. The van der Waals surface area contributed by atoms with Crippen LogP contribution in [-0.4, -0.2) is 57.6 Å². The summed E-state index contributed by atoms with van der Waals surface area (Å²) in [6.07, 6.45) is 2.78. The molecule has 2 N–H and O–H groups in total. The zero-order chi connectivity index (χ0) is 22.0. The number of alkyl halides is 2. The third kappa shape index (κ3) is 9.31. The fourth-order valence-corrected chi connectivity index (χ4v) is 3.51. The summed E-state index contributed by atoms with van der Waals surface area (Å²) in [5.74, 6) is 0.684. The number of guanidine groups is 1. The maximum absolute atomic E-state index is 12.2. The van der Waals surface area contributed by atoms with E-state index in [1.807, 2.05) is 18.9 Å². The van der Waals surface area contributed by atoms with Crippen LogP contribution in [0.25, 0.3) is 0 Å². The van der Waals surface area contributed by atoms with Gasteiger partial charge in [0.15, 0.2) is 5.96 Å². The molecule has 172 valence electrons. The summed E-state index contributed by atoms with van der Waals surface area (Å²) in [7, 11) is -1.81. The van der Waals surface area contributed by atoms with Crippen molar-refractivity contribution in [3.63, 3.8) is 0 Å². The SMILES string of the molecule is CCNC(=NCCNS(=O)(=O)c1cccnc1)N(C)Cc1ccc(OC(F)F)cc1.I. The molecule has 0 aliphatic carbocycles. The number of benzene rings is 1. The van der Waals surface area contributed by atoms with Gasteiger partial charge >= 0.3 is 6.61 Å². The molecule has 0 spiro atoms. The summed E-state index contributed by atoms with van der Waals surface area (Å²) in [5, 5.41) is 3.13. The maximum Gasteiger partial charge on any atom is 0.387 e. The van der Waals surface area contributed by atoms with Crippen LogP contribution in [0.1, 0.15) is 12.5 Å². The summed E-state index contributed by atoms with van der Waals surface area (Å²) in [6.45, 7) is 0.521. The van der Waals surface area contributed by atoms with Crippen molar-refractivity contribution in [1.29, 1.82) is 0 Å². The van der Waals surface area contributed by atoms with E-state index in [1.165, 1.54) is 30.6 Å². The predicted molar refractivity (Wildman–Crippen MR) is 125 cm³/mol. The Hall–Kier alpha value is -2.06. The number of aromatic nitrogens is 1. The van der Waals surface area contributed by atoms with Gasteiger partial charge in [-0.15, -0.1) is 24.0 Å². The molecule has 0 aliphatic heterocycles. The van der Waals surface area contributed by atoms with Crippen LogP contribution in [0.4, 0.5) is 8.78 Å². The highest BCUT2D eigenvalue weighted by Gasteiger charge is 2.13. The first-order valence-electron chi connectivity index (χ1n) is 9.24. The van der Waals surface area contributed by atoms with Crippen molar-refractivity contribution < 1.29 is 21.9 Å². The Bertz CT molecular complexity index is 916. The largest absolute Gasteiger partial charge is 0.435 e. The number of ether oxygens (including phenoxy) is 1. The number of rotatable bonds is 10. The smallest absolute Gasteiger partial charge is 0.387 e. The van der Waals surface area contributed by atoms with Crippen LogP contribution in [0.15, 0.2) is 58.7 Å². The Morgan fingerprint density at radius 2 is 1.97 bits per heavy atom. The third-order valence-electron chi connectivity index (χ3n) is 3.87. The molecule has 0 unspecified atom stereocenters. The van der Waals surface area contributed by atoms with E-state index in [-0.39, 0.29) is 47.7 Å². The highest BCUT2D eigenvalue weighted by atomic mass is 127. The molecule has 1 aromatic carbocycles. The number of pyridine rings is 1. The van der Waals surface area contributed by atoms with Crippen molar-refractivity contribution in [2.24, 2.45) is 4.99 Å². The lowest BCUT2D eigenvalue weighted by Gasteiger charge is -2.22. The average Bonchev–Trinajstić information content (AvgIpc) is 2.72. The Morgan fingerprint density at radius 1 is 1.26 bits per heavy atom. The van der Waals surface area contributed by atoms with Gasteiger partial charge in [-0.3, -0.25) is 9.98 Å². The molecule has 2 aromatic rings. The summed E-state index contributed by atoms with van der Waals surface area (Å²) in [6, 6.07) is 9.37. The van der Waals surface area contributed by atoms with E-state index in [4.69, 9.17) is 0 Å². The van der Waals surface area contributed by atoms with E-state index < -0.39 is 16.6 Å². The minimum Gasteiger partial charge on any atom is -0.435 e. The fraction of sp³-hybridized carbons (Fsp3) is 0.368. The minimum atomic E-state index is -3.63. The van der Waals surface area contributed by atoms with Crippen LogP contribution in [0.3, 0.4) is 0 Å². The molecule has 0 amide bonds. The van der Waals surface area contributed by atoms with Crippen LogP contribution in [0.5, 0.6) is 5.75 Å². The van der Waals surface area contributed by atoms with Gasteiger partial charge in [0, 0.05) is 39.1 Å². The summed E-state index contributed by atoms with van der Waals surface area (Å²) < 4.78 is 55.7. The van der Waals surface area contributed by atoms with Crippen LogP contribution < -0.4 is 14.8 Å². The highest BCUT2D eigenvalue weighted by molar-refractivity contribution is 14.0. The van der Waals surface area contributed by atoms with Gasteiger partial charge in [-0.05, 0) is 36.8 Å². The minimum absolute atomic E-state index is 0. The molecule has 0 saturated heterocycles. The monoisotopic (exact) mass is 569 g/mol. The van der Waals surface area contributed by atoms with Crippen LogP contribution >= 0.6 is 24.0 Å². The number of hydrogen-bond acceptors (Lipinski definition) is 5. The second-order valence-corrected chi connectivity index (χ2v) is 7.97. The lowest BCUT2D eigenvalue weighted by atomic mass is 10.2. The number of nitrogens with one attached hydrogen (secondary N) is 2. The quantitative estimate of drug-likeness (QED) is 0.198. The zero-order valence-electron chi connectivity index (χ0n) is 17.2. The molecule has 1 heterocycles. The van der Waals surface area contributed by atoms with E-state index in [1.54, 1.807) is 18.2 Å². The first kappa shape index (κ1) is 27.0. The van der Waals surface area contributed by atoms with Gasteiger partial charge in [-0.2, -0.15) is 8.78 Å². The molecule has 0 radical (unpaired) electrons.